The number of fused-ring (bicyclic) bond motifs is 1. The Bertz CT molecular complexity index is 545. The average Bonchev–Trinajstić information content (AvgIpc) is 3.12. The Labute approximate surface area is 130 Å². The molecule has 1 aliphatic carbocycles. The minimum absolute atomic E-state index is 0.254. The molecule has 1 spiro atoms. The van der Waals surface area contributed by atoms with Gasteiger partial charge in [0.25, 0.3) is 0 Å². The van der Waals surface area contributed by atoms with Crippen LogP contribution in [0.1, 0.15) is 48.1 Å². The number of carbonyl (C=O) groups is 1. The number of piperidine rings is 1. The number of likely N-dealkylation sites (tertiary alicyclic amines) is 1. The van der Waals surface area contributed by atoms with Gasteiger partial charge in [-0.1, -0.05) is 0 Å². The molecule has 3 aliphatic rings. The van der Waals surface area contributed by atoms with Gasteiger partial charge in [0.2, 0.25) is 5.91 Å². The van der Waals surface area contributed by atoms with Crippen LogP contribution in [0.4, 0.5) is 0 Å². The number of nitrogens with zero attached hydrogens (tertiary/aromatic N) is 1. The molecular formula is C17H23NO2S. The van der Waals surface area contributed by atoms with E-state index in [4.69, 9.17) is 4.74 Å². The van der Waals surface area contributed by atoms with Crippen molar-refractivity contribution in [3.8, 4) is 0 Å². The molecule has 1 atom stereocenters. The summed E-state index contributed by atoms with van der Waals surface area (Å²) in [6, 6.07) is 0. The summed E-state index contributed by atoms with van der Waals surface area (Å²) in [6.07, 6.45) is 7.94. The Kier molecular flexibility index (Phi) is 3.54. The quantitative estimate of drug-likeness (QED) is 0.840. The first-order valence-corrected chi connectivity index (χ1v) is 9.07. The number of hydrogen-bond acceptors (Lipinski definition) is 3. The maximum absolute atomic E-state index is 12.3. The van der Waals surface area contributed by atoms with Gasteiger partial charge in [-0.25, -0.2) is 0 Å². The molecule has 0 aromatic carbocycles. The van der Waals surface area contributed by atoms with Crippen molar-refractivity contribution in [2.45, 2.75) is 51.5 Å². The summed E-state index contributed by atoms with van der Waals surface area (Å²) in [5, 5.41) is 2.30. The predicted octanol–water partition coefficient (Wildman–Crippen LogP) is 3.16. The van der Waals surface area contributed by atoms with E-state index in [1.54, 1.807) is 10.4 Å². The minimum Gasteiger partial charge on any atom is -0.381 e. The van der Waals surface area contributed by atoms with Crippen LogP contribution in [0.15, 0.2) is 5.38 Å². The second-order valence-electron chi connectivity index (χ2n) is 6.92. The average molecular weight is 305 g/mol. The molecule has 0 bridgehead atoms. The summed E-state index contributed by atoms with van der Waals surface area (Å²) in [7, 11) is 0. The smallest absolute Gasteiger partial charge is 0.222 e. The van der Waals surface area contributed by atoms with E-state index in [1.165, 1.54) is 31.2 Å². The van der Waals surface area contributed by atoms with Crippen LogP contribution >= 0.6 is 11.3 Å². The molecule has 1 aromatic heterocycles. The number of aryl methyl sites for hydroxylation is 1. The molecule has 114 valence electrons. The van der Waals surface area contributed by atoms with Crippen LogP contribution in [0.5, 0.6) is 0 Å². The van der Waals surface area contributed by atoms with Gasteiger partial charge in [-0.2, -0.15) is 0 Å². The second kappa shape index (κ2) is 5.40. The lowest BCUT2D eigenvalue weighted by molar-refractivity contribution is -0.138. The van der Waals surface area contributed by atoms with E-state index in [1.807, 2.05) is 11.3 Å². The maximum atomic E-state index is 12.3. The van der Waals surface area contributed by atoms with Gasteiger partial charge in [0.05, 0.1) is 6.61 Å². The zero-order chi connectivity index (χ0) is 14.3. The van der Waals surface area contributed by atoms with Gasteiger partial charge in [0.1, 0.15) is 0 Å². The predicted molar refractivity (Wildman–Crippen MR) is 83.5 cm³/mol. The molecule has 2 aliphatic heterocycles. The largest absolute Gasteiger partial charge is 0.381 e. The number of thiophene rings is 1. The van der Waals surface area contributed by atoms with Gasteiger partial charge in [0.15, 0.2) is 0 Å². The highest BCUT2D eigenvalue weighted by atomic mass is 32.1. The monoisotopic (exact) mass is 305 g/mol. The molecule has 0 unspecified atom stereocenters. The number of hydrogen-bond donors (Lipinski definition) is 0. The van der Waals surface area contributed by atoms with Crippen molar-refractivity contribution < 1.29 is 9.53 Å². The SMILES string of the molecule is O=C1CC[C@]2(CCOC2)CN1Cc1csc2c1CCCC2. The molecule has 3 nitrogen and oxygen atoms in total. The molecule has 4 rings (SSSR count). The molecule has 1 aromatic rings. The Hall–Kier alpha value is -0.870. The number of amides is 1. The lowest BCUT2D eigenvalue weighted by atomic mass is 9.79. The van der Waals surface area contributed by atoms with E-state index < -0.39 is 0 Å². The van der Waals surface area contributed by atoms with Crippen molar-refractivity contribution >= 4 is 17.2 Å². The van der Waals surface area contributed by atoms with E-state index in [9.17, 15) is 4.79 Å². The number of ether oxygens (including phenoxy) is 1. The zero-order valence-electron chi connectivity index (χ0n) is 12.5. The molecule has 3 heterocycles. The fourth-order valence-corrected chi connectivity index (χ4v) is 5.26. The van der Waals surface area contributed by atoms with Crippen molar-refractivity contribution in [2.75, 3.05) is 19.8 Å². The zero-order valence-corrected chi connectivity index (χ0v) is 13.3. The van der Waals surface area contributed by atoms with Crippen LogP contribution in [0.3, 0.4) is 0 Å². The lowest BCUT2D eigenvalue weighted by Crippen LogP contribution is -2.46. The van der Waals surface area contributed by atoms with Gasteiger partial charge in [-0.3, -0.25) is 4.79 Å². The van der Waals surface area contributed by atoms with Crippen molar-refractivity contribution in [1.82, 2.24) is 4.90 Å². The molecule has 0 radical (unpaired) electrons. The van der Waals surface area contributed by atoms with E-state index in [0.29, 0.717) is 12.3 Å². The fraction of sp³-hybridized carbons (Fsp3) is 0.706. The first-order valence-electron chi connectivity index (χ1n) is 8.19. The highest BCUT2D eigenvalue weighted by Gasteiger charge is 2.41. The van der Waals surface area contributed by atoms with E-state index in [-0.39, 0.29) is 5.41 Å². The number of carbonyl (C=O) groups excluding carboxylic acids is 1. The van der Waals surface area contributed by atoms with Gasteiger partial charge in [-0.05, 0) is 55.0 Å². The second-order valence-corrected chi connectivity index (χ2v) is 7.89. The van der Waals surface area contributed by atoms with Crippen molar-refractivity contribution in [3.63, 3.8) is 0 Å². The first-order chi connectivity index (χ1) is 10.3. The van der Waals surface area contributed by atoms with Crippen LogP contribution in [-0.2, 0) is 28.9 Å². The van der Waals surface area contributed by atoms with Crippen LogP contribution in [-0.4, -0.2) is 30.6 Å². The fourth-order valence-electron chi connectivity index (χ4n) is 4.12. The van der Waals surface area contributed by atoms with Crippen LogP contribution in [0.25, 0.3) is 0 Å². The molecule has 2 fully saturated rings. The molecule has 21 heavy (non-hydrogen) atoms. The van der Waals surface area contributed by atoms with Crippen LogP contribution in [0.2, 0.25) is 0 Å². The summed E-state index contributed by atoms with van der Waals surface area (Å²) in [5.74, 6) is 0.336. The summed E-state index contributed by atoms with van der Waals surface area (Å²) in [4.78, 5) is 16.0. The lowest BCUT2D eigenvalue weighted by Gasteiger charge is -2.39. The first kappa shape index (κ1) is 13.8. The van der Waals surface area contributed by atoms with E-state index in [0.717, 1.165) is 39.1 Å². The molecular weight excluding hydrogens is 282 g/mol. The Morgan fingerprint density at radius 2 is 2.14 bits per heavy atom. The number of rotatable bonds is 2. The van der Waals surface area contributed by atoms with E-state index in [2.05, 4.69) is 10.3 Å². The van der Waals surface area contributed by atoms with Crippen molar-refractivity contribution in [1.29, 1.82) is 0 Å². The Morgan fingerprint density at radius 1 is 1.24 bits per heavy atom. The third-order valence-corrected chi connectivity index (χ3v) is 6.58. The summed E-state index contributed by atoms with van der Waals surface area (Å²) >= 11 is 1.90. The van der Waals surface area contributed by atoms with Gasteiger partial charge in [-0.15, -0.1) is 11.3 Å². The Morgan fingerprint density at radius 3 is 3.00 bits per heavy atom. The standard InChI is InChI=1S/C17H23NO2S/c19-16-5-6-17(7-8-20-12-17)11-18(16)9-13-10-21-15-4-2-1-3-14(13)15/h10H,1-9,11-12H2/t17-/m0/s1. The highest BCUT2D eigenvalue weighted by molar-refractivity contribution is 7.10. The molecule has 4 heteroatoms. The van der Waals surface area contributed by atoms with Crippen molar-refractivity contribution in [2.24, 2.45) is 5.41 Å². The van der Waals surface area contributed by atoms with Gasteiger partial charge < -0.3 is 9.64 Å². The minimum atomic E-state index is 0.254. The normalized spacial score (nSPS) is 29.1. The Balaban J connectivity index is 1.52. The third kappa shape index (κ3) is 2.53. The third-order valence-electron chi connectivity index (χ3n) is 5.44. The van der Waals surface area contributed by atoms with Gasteiger partial charge in [0, 0.05) is 36.4 Å². The summed E-state index contributed by atoms with van der Waals surface area (Å²) in [6.45, 7) is 3.44. The maximum Gasteiger partial charge on any atom is 0.222 e. The highest BCUT2D eigenvalue weighted by Crippen LogP contribution is 2.39. The summed E-state index contributed by atoms with van der Waals surface area (Å²) in [5.41, 5.74) is 3.23. The summed E-state index contributed by atoms with van der Waals surface area (Å²) < 4.78 is 5.61. The van der Waals surface area contributed by atoms with Crippen LogP contribution < -0.4 is 0 Å². The molecule has 1 amide bonds. The van der Waals surface area contributed by atoms with Crippen molar-refractivity contribution in [3.05, 3.63) is 21.4 Å². The van der Waals surface area contributed by atoms with E-state index >= 15 is 0 Å². The molecule has 0 saturated carbocycles. The van der Waals surface area contributed by atoms with Crippen LogP contribution in [0, 0.1) is 5.41 Å². The molecule has 0 N–H and O–H groups in total. The molecule has 2 saturated heterocycles. The topological polar surface area (TPSA) is 29.5 Å². The van der Waals surface area contributed by atoms with Gasteiger partial charge >= 0.3 is 0 Å².